The first kappa shape index (κ1) is 11.7. The van der Waals surface area contributed by atoms with Crippen molar-refractivity contribution in [2.24, 2.45) is 0 Å². The Kier molecular flexibility index (Phi) is 4.55. The van der Waals surface area contributed by atoms with Crippen LogP contribution in [0.2, 0.25) is 5.02 Å². The minimum atomic E-state index is 0.595. The number of halogens is 2. The molecule has 0 heterocycles. The first-order chi connectivity index (χ1) is 6.69. The number of hydrogen-bond donors (Lipinski definition) is 0. The van der Waals surface area contributed by atoms with E-state index in [1.165, 1.54) is 0 Å². The zero-order valence-electron chi connectivity index (χ0n) is 8.14. The standard InChI is InChI=1S/C10H12BrClO2/c1-3-13-9-5-7(11)8(12)6-10(9)14-4-2/h5-6H,3-4H2,1-2H3. The summed E-state index contributed by atoms with van der Waals surface area (Å²) in [5.74, 6) is 1.40. The van der Waals surface area contributed by atoms with E-state index in [0.717, 1.165) is 4.47 Å². The second-order valence-electron chi connectivity index (χ2n) is 2.58. The van der Waals surface area contributed by atoms with Gasteiger partial charge in [0, 0.05) is 10.5 Å². The van der Waals surface area contributed by atoms with E-state index in [1.54, 1.807) is 6.07 Å². The summed E-state index contributed by atoms with van der Waals surface area (Å²) in [5, 5.41) is 0.622. The third-order valence-corrected chi connectivity index (χ3v) is 2.78. The number of ether oxygens (including phenoxy) is 2. The fourth-order valence-corrected chi connectivity index (χ4v) is 1.52. The summed E-state index contributed by atoms with van der Waals surface area (Å²) in [6.07, 6.45) is 0. The Morgan fingerprint density at radius 1 is 1.14 bits per heavy atom. The van der Waals surface area contributed by atoms with Crippen molar-refractivity contribution in [2.75, 3.05) is 13.2 Å². The Bertz CT molecular complexity index is 284. The molecule has 14 heavy (non-hydrogen) atoms. The topological polar surface area (TPSA) is 18.5 Å². The molecule has 4 heteroatoms. The van der Waals surface area contributed by atoms with Gasteiger partial charge in [-0.05, 0) is 35.8 Å². The fourth-order valence-electron chi connectivity index (χ4n) is 1.05. The molecule has 0 aliphatic heterocycles. The minimum absolute atomic E-state index is 0.595. The van der Waals surface area contributed by atoms with E-state index in [9.17, 15) is 0 Å². The van der Waals surface area contributed by atoms with E-state index in [1.807, 2.05) is 19.9 Å². The van der Waals surface area contributed by atoms with E-state index in [2.05, 4.69) is 15.9 Å². The second kappa shape index (κ2) is 5.47. The van der Waals surface area contributed by atoms with Crippen LogP contribution in [-0.4, -0.2) is 13.2 Å². The summed E-state index contributed by atoms with van der Waals surface area (Å²) in [5.41, 5.74) is 0. The van der Waals surface area contributed by atoms with Crippen LogP contribution in [0.15, 0.2) is 16.6 Å². The third-order valence-electron chi connectivity index (χ3n) is 1.59. The maximum Gasteiger partial charge on any atom is 0.162 e. The molecule has 0 radical (unpaired) electrons. The molecule has 0 N–H and O–H groups in total. The number of benzene rings is 1. The minimum Gasteiger partial charge on any atom is -0.490 e. The zero-order valence-corrected chi connectivity index (χ0v) is 10.5. The second-order valence-corrected chi connectivity index (χ2v) is 3.84. The van der Waals surface area contributed by atoms with Crippen molar-refractivity contribution >= 4 is 27.5 Å². The number of rotatable bonds is 4. The largest absolute Gasteiger partial charge is 0.490 e. The highest BCUT2D eigenvalue weighted by Crippen LogP contribution is 2.36. The Morgan fingerprint density at radius 2 is 1.64 bits per heavy atom. The summed E-state index contributed by atoms with van der Waals surface area (Å²) in [6, 6.07) is 3.57. The molecule has 1 rings (SSSR count). The third kappa shape index (κ3) is 2.79. The van der Waals surface area contributed by atoms with Gasteiger partial charge in [0.1, 0.15) is 0 Å². The van der Waals surface area contributed by atoms with Crippen LogP contribution >= 0.6 is 27.5 Å². The normalized spacial score (nSPS) is 10.0. The van der Waals surface area contributed by atoms with Crippen LogP contribution < -0.4 is 9.47 Å². The van der Waals surface area contributed by atoms with E-state index in [-0.39, 0.29) is 0 Å². The molecule has 0 fully saturated rings. The summed E-state index contributed by atoms with van der Waals surface area (Å²) >= 11 is 9.27. The van der Waals surface area contributed by atoms with Gasteiger partial charge in [0.05, 0.1) is 18.2 Å². The first-order valence-corrected chi connectivity index (χ1v) is 5.60. The molecule has 0 spiro atoms. The van der Waals surface area contributed by atoms with Crippen molar-refractivity contribution < 1.29 is 9.47 Å². The molecule has 0 atom stereocenters. The van der Waals surface area contributed by atoms with Gasteiger partial charge in [-0.15, -0.1) is 0 Å². The molecule has 0 saturated heterocycles. The molecular weight excluding hydrogens is 267 g/mol. The van der Waals surface area contributed by atoms with E-state index >= 15 is 0 Å². The van der Waals surface area contributed by atoms with Gasteiger partial charge in [0.15, 0.2) is 11.5 Å². The van der Waals surface area contributed by atoms with Crippen molar-refractivity contribution in [3.05, 3.63) is 21.6 Å². The average Bonchev–Trinajstić information content (AvgIpc) is 2.14. The van der Waals surface area contributed by atoms with Gasteiger partial charge in [0.25, 0.3) is 0 Å². The quantitative estimate of drug-likeness (QED) is 0.832. The van der Waals surface area contributed by atoms with Gasteiger partial charge < -0.3 is 9.47 Å². The molecule has 0 aromatic heterocycles. The van der Waals surface area contributed by atoms with Crippen molar-refractivity contribution in [3.63, 3.8) is 0 Å². The molecule has 0 aliphatic rings. The van der Waals surface area contributed by atoms with Gasteiger partial charge >= 0.3 is 0 Å². The van der Waals surface area contributed by atoms with Crippen molar-refractivity contribution in [1.82, 2.24) is 0 Å². The summed E-state index contributed by atoms with van der Waals surface area (Å²) in [4.78, 5) is 0. The van der Waals surface area contributed by atoms with Crippen molar-refractivity contribution in [3.8, 4) is 11.5 Å². The van der Waals surface area contributed by atoms with E-state index < -0.39 is 0 Å². The Morgan fingerprint density at radius 3 is 2.14 bits per heavy atom. The molecule has 0 aliphatic carbocycles. The maximum absolute atomic E-state index is 5.94. The molecule has 1 aromatic rings. The lowest BCUT2D eigenvalue weighted by atomic mass is 10.3. The molecule has 0 bridgehead atoms. The maximum atomic E-state index is 5.94. The predicted molar refractivity (Wildman–Crippen MR) is 61.5 cm³/mol. The molecule has 0 amide bonds. The molecule has 0 unspecified atom stereocenters. The summed E-state index contributed by atoms with van der Waals surface area (Å²) in [6.45, 7) is 5.05. The van der Waals surface area contributed by atoms with Gasteiger partial charge in [-0.1, -0.05) is 11.6 Å². The molecule has 2 nitrogen and oxygen atoms in total. The zero-order chi connectivity index (χ0) is 10.6. The highest BCUT2D eigenvalue weighted by molar-refractivity contribution is 9.10. The monoisotopic (exact) mass is 278 g/mol. The van der Waals surface area contributed by atoms with Crippen LogP contribution in [0.1, 0.15) is 13.8 Å². The predicted octanol–water partition coefficient (Wildman–Crippen LogP) is 3.90. The first-order valence-electron chi connectivity index (χ1n) is 4.43. The van der Waals surface area contributed by atoms with E-state index in [4.69, 9.17) is 21.1 Å². The molecule has 1 aromatic carbocycles. The molecule has 0 saturated carbocycles. The van der Waals surface area contributed by atoms with Crippen LogP contribution in [0.4, 0.5) is 0 Å². The number of hydrogen-bond acceptors (Lipinski definition) is 2. The van der Waals surface area contributed by atoms with Crippen LogP contribution in [-0.2, 0) is 0 Å². The smallest absolute Gasteiger partial charge is 0.162 e. The van der Waals surface area contributed by atoms with Crippen molar-refractivity contribution in [2.45, 2.75) is 13.8 Å². The summed E-state index contributed by atoms with van der Waals surface area (Å²) < 4.78 is 11.6. The van der Waals surface area contributed by atoms with Crippen LogP contribution in [0, 0.1) is 0 Å². The lowest BCUT2D eigenvalue weighted by molar-refractivity contribution is 0.287. The fraction of sp³-hybridized carbons (Fsp3) is 0.400. The lowest BCUT2D eigenvalue weighted by Gasteiger charge is -2.11. The van der Waals surface area contributed by atoms with Gasteiger partial charge in [-0.3, -0.25) is 0 Å². The highest BCUT2D eigenvalue weighted by Gasteiger charge is 2.08. The highest BCUT2D eigenvalue weighted by atomic mass is 79.9. The van der Waals surface area contributed by atoms with Crippen molar-refractivity contribution in [1.29, 1.82) is 0 Å². The van der Waals surface area contributed by atoms with Crippen LogP contribution in [0.5, 0.6) is 11.5 Å². The van der Waals surface area contributed by atoms with Gasteiger partial charge in [0.2, 0.25) is 0 Å². The Hall–Kier alpha value is -0.410. The van der Waals surface area contributed by atoms with Gasteiger partial charge in [-0.25, -0.2) is 0 Å². The summed E-state index contributed by atoms with van der Waals surface area (Å²) in [7, 11) is 0. The Labute approximate surface area is 97.3 Å². The average molecular weight is 280 g/mol. The van der Waals surface area contributed by atoms with E-state index in [0.29, 0.717) is 29.7 Å². The molecular formula is C10H12BrClO2. The Balaban J connectivity index is 3.03. The molecule has 78 valence electrons. The van der Waals surface area contributed by atoms with Crippen LogP contribution in [0.3, 0.4) is 0 Å². The SMILES string of the molecule is CCOc1cc(Cl)c(Br)cc1OCC. The lowest BCUT2D eigenvalue weighted by Crippen LogP contribution is -1.98. The van der Waals surface area contributed by atoms with Crippen LogP contribution in [0.25, 0.3) is 0 Å². The van der Waals surface area contributed by atoms with Gasteiger partial charge in [-0.2, -0.15) is 0 Å².